The molecule has 0 spiro atoms. The number of fused-ring (bicyclic) bond motifs is 1. The topological polar surface area (TPSA) is 12.5 Å². The molecule has 0 saturated heterocycles. The van der Waals surface area contributed by atoms with Gasteiger partial charge in [-0.1, -0.05) is 78.9 Å². The highest BCUT2D eigenvalue weighted by molar-refractivity contribution is 5.58. The molecule has 5 heteroatoms. The highest BCUT2D eigenvalue weighted by atomic mass is 19.4. The number of alkyl halides is 3. The molecular weight excluding hydrogens is 351 g/mol. The molecule has 1 heterocycles. The molecule has 0 aliphatic carbocycles. The Kier molecular flexibility index (Phi) is 4.62. The molecule has 138 valence electrons. The van der Waals surface area contributed by atoms with Gasteiger partial charge in [0.05, 0.1) is 0 Å². The van der Waals surface area contributed by atoms with Gasteiger partial charge >= 0.3 is 6.18 Å². The third-order valence-electron chi connectivity index (χ3n) is 4.65. The minimum atomic E-state index is -4.48. The Morgan fingerprint density at radius 1 is 0.778 bits per heavy atom. The molecule has 0 N–H and O–H groups in total. The fourth-order valence-electron chi connectivity index (χ4n) is 3.45. The molecule has 2 atom stereocenters. The first-order chi connectivity index (χ1) is 13.0. The van der Waals surface area contributed by atoms with Crippen LogP contribution >= 0.6 is 0 Å². The van der Waals surface area contributed by atoms with Crippen molar-refractivity contribution in [3.8, 4) is 0 Å². The molecule has 4 rings (SSSR count). The highest BCUT2D eigenvalue weighted by Gasteiger charge is 2.48. The fourth-order valence-corrected chi connectivity index (χ4v) is 3.45. The Morgan fingerprint density at radius 2 is 1.37 bits per heavy atom. The van der Waals surface area contributed by atoms with Gasteiger partial charge in [0.1, 0.15) is 0 Å². The van der Waals surface area contributed by atoms with E-state index in [2.05, 4.69) is 0 Å². The van der Waals surface area contributed by atoms with Gasteiger partial charge in [0.15, 0.2) is 12.3 Å². The van der Waals surface area contributed by atoms with Crippen LogP contribution in [0.4, 0.5) is 18.9 Å². The van der Waals surface area contributed by atoms with E-state index in [1.165, 1.54) is 6.07 Å². The van der Waals surface area contributed by atoms with Gasteiger partial charge in [0.2, 0.25) is 0 Å². The normalized spacial score (nSPS) is 19.6. The highest BCUT2D eigenvalue weighted by Crippen LogP contribution is 2.49. The molecule has 27 heavy (non-hydrogen) atoms. The third-order valence-corrected chi connectivity index (χ3v) is 4.65. The molecule has 2 unspecified atom stereocenters. The molecule has 1 aliphatic rings. The van der Waals surface area contributed by atoms with E-state index in [9.17, 15) is 13.2 Å². The Labute approximate surface area is 155 Å². The molecule has 0 saturated carbocycles. The van der Waals surface area contributed by atoms with Gasteiger partial charge in [0.25, 0.3) is 0 Å². The molecule has 3 aromatic carbocycles. The van der Waals surface area contributed by atoms with Crippen LogP contribution in [-0.2, 0) is 11.3 Å². The lowest BCUT2D eigenvalue weighted by Gasteiger charge is -2.43. The zero-order valence-electron chi connectivity index (χ0n) is 14.4. The molecule has 0 radical (unpaired) electrons. The largest absolute Gasteiger partial charge is 0.419 e. The molecule has 0 amide bonds. The molecular formula is C22H18F3NO. The maximum absolute atomic E-state index is 13.7. The van der Waals surface area contributed by atoms with Crippen molar-refractivity contribution in [3.63, 3.8) is 0 Å². The minimum Gasteiger partial charge on any atom is -0.338 e. The van der Waals surface area contributed by atoms with Crippen molar-refractivity contribution in [3.05, 3.63) is 102 Å². The van der Waals surface area contributed by atoms with Gasteiger partial charge in [-0.25, -0.2) is 0 Å². The number of ether oxygens (including phenoxy) is 1. The molecule has 0 aromatic heterocycles. The molecule has 3 aromatic rings. The smallest absolute Gasteiger partial charge is 0.338 e. The van der Waals surface area contributed by atoms with Crippen LogP contribution in [0.15, 0.2) is 84.9 Å². The second-order valence-corrected chi connectivity index (χ2v) is 6.49. The van der Waals surface area contributed by atoms with Crippen molar-refractivity contribution in [2.24, 2.45) is 0 Å². The average molecular weight is 369 g/mol. The summed E-state index contributed by atoms with van der Waals surface area (Å²) in [6.07, 6.45) is -7.26. The van der Waals surface area contributed by atoms with Crippen molar-refractivity contribution in [2.75, 3.05) is 4.90 Å². The summed E-state index contributed by atoms with van der Waals surface area (Å²) in [5, 5.41) is 0. The Hall–Kier alpha value is -2.79. The van der Waals surface area contributed by atoms with Gasteiger partial charge in [-0.3, -0.25) is 0 Å². The quantitative estimate of drug-likeness (QED) is 0.559. The Morgan fingerprint density at radius 3 is 2.04 bits per heavy atom. The van der Waals surface area contributed by atoms with E-state index in [0.29, 0.717) is 17.8 Å². The van der Waals surface area contributed by atoms with Crippen LogP contribution in [0.2, 0.25) is 0 Å². The molecule has 2 nitrogen and oxygen atoms in total. The van der Waals surface area contributed by atoms with Crippen LogP contribution in [0.1, 0.15) is 29.0 Å². The zero-order valence-corrected chi connectivity index (χ0v) is 14.4. The summed E-state index contributed by atoms with van der Waals surface area (Å²) in [6, 6.07) is 25.3. The van der Waals surface area contributed by atoms with E-state index in [-0.39, 0.29) is 5.56 Å². The average Bonchev–Trinajstić information content (AvgIpc) is 2.69. The zero-order chi connectivity index (χ0) is 18.9. The Balaban J connectivity index is 1.83. The second kappa shape index (κ2) is 7.08. The number of rotatable bonds is 3. The number of para-hydroxylation sites is 1. The van der Waals surface area contributed by atoms with Crippen LogP contribution < -0.4 is 4.90 Å². The number of halogens is 3. The number of anilines is 1. The van der Waals surface area contributed by atoms with Crippen molar-refractivity contribution in [1.82, 2.24) is 0 Å². The summed E-state index contributed by atoms with van der Waals surface area (Å²) in [7, 11) is 0. The molecule has 0 fully saturated rings. The van der Waals surface area contributed by atoms with Crippen LogP contribution in [0.3, 0.4) is 0 Å². The van der Waals surface area contributed by atoms with Crippen molar-refractivity contribution >= 4 is 5.69 Å². The summed E-state index contributed by atoms with van der Waals surface area (Å²) in [5.74, 6) is 0. The van der Waals surface area contributed by atoms with Crippen LogP contribution in [0, 0.1) is 0 Å². The lowest BCUT2D eigenvalue weighted by Crippen LogP contribution is -2.40. The second-order valence-electron chi connectivity index (χ2n) is 6.49. The maximum Gasteiger partial charge on any atom is 0.419 e. The van der Waals surface area contributed by atoms with Gasteiger partial charge in [0, 0.05) is 23.4 Å². The minimum absolute atomic E-state index is 0.146. The van der Waals surface area contributed by atoms with Gasteiger partial charge in [-0.2, -0.15) is 13.2 Å². The summed E-state index contributed by atoms with van der Waals surface area (Å²) in [6.45, 7) is 0.446. The van der Waals surface area contributed by atoms with Crippen molar-refractivity contribution in [1.29, 1.82) is 0 Å². The maximum atomic E-state index is 13.7. The monoisotopic (exact) mass is 369 g/mol. The first kappa shape index (κ1) is 17.6. The lowest BCUT2D eigenvalue weighted by atomic mass is 10.00. The van der Waals surface area contributed by atoms with E-state index >= 15 is 0 Å². The predicted molar refractivity (Wildman–Crippen MR) is 98.1 cm³/mol. The van der Waals surface area contributed by atoms with Gasteiger partial charge < -0.3 is 9.64 Å². The molecule has 1 aliphatic heterocycles. The standard InChI is InChI=1S/C22H18F3NO/c23-22(24,25)20-18-13-7-8-14-19(18)26(15-16-9-3-1-4-10-16)21(27-20)17-11-5-2-6-12-17/h1-14,20-21H,15H2. The first-order valence-corrected chi connectivity index (χ1v) is 8.70. The number of hydrogen-bond donors (Lipinski definition) is 0. The lowest BCUT2D eigenvalue weighted by molar-refractivity contribution is -0.241. The number of nitrogens with zero attached hydrogens (tertiary/aromatic N) is 1. The number of benzene rings is 3. The van der Waals surface area contributed by atoms with E-state index in [0.717, 1.165) is 5.56 Å². The Bertz CT molecular complexity index is 896. The fraction of sp³-hybridized carbons (Fsp3) is 0.182. The predicted octanol–water partition coefficient (Wildman–Crippen LogP) is 6.03. The molecule has 0 bridgehead atoms. The summed E-state index contributed by atoms with van der Waals surface area (Å²) in [4.78, 5) is 1.89. The van der Waals surface area contributed by atoms with Gasteiger partial charge in [-0.05, 0) is 11.6 Å². The van der Waals surface area contributed by atoms with Crippen LogP contribution in [0.25, 0.3) is 0 Å². The summed E-state index contributed by atoms with van der Waals surface area (Å²) in [5.41, 5.74) is 2.39. The van der Waals surface area contributed by atoms with Crippen LogP contribution in [-0.4, -0.2) is 6.18 Å². The summed E-state index contributed by atoms with van der Waals surface area (Å²) < 4.78 is 46.8. The van der Waals surface area contributed by atoms with E-state index < -0.39 is 18.5 Å². The number of hydrogen-bond acceptors (Lipinski definition) is 2. The van der Waals surface area contributed by atoms with E-state index in [4.69, 9.17) is 4.74 Å². The van der Waals surface area contributed by atoms with Crippen LogP contribution in [0.5, 0.6) is 0 Å². The van der Waals surface area contributed by atoms with E-state index in [1.807, 2.05) is 53.4 Å². The third kappa shape index (κ3) is 3.55. The van der Waals surface area contributed by atoms with Crippen molar-refractivity contribution in [2.45, 2.75) is 25.1 Å². The summed E-state index contributed by atoms with van der Waals surface area (Å²) >= 11 is 0. The van der Waals surface area contributed by atoms with Gasteiger partial charge in [-0.15, -0.1) is 0 Å². The van der Waals surface area contributed by atoms with Crippen molar-refractivity contribution < 1.29 is 17.9 Å². The SMILES string of the molecule is FC(F)(F)C1OC(c2ccccc2)N(Cc2ccccc2)c2ccccc21. The first-order valence-electron chi connectivity index (χ1n) is 8.70. The van der Waals surface area contributed by atoms with E-state index in [1.54, 1.807) is 30.3 Å².